The zero-order valence-electron chi connectivity index (χ0n) is 22.3. The smallest absolute Gasteiger partial charge is 0.534 e. The van der Waals surface area contributed by atoms with Crippen LogP contribution in [-0.4, -0.2) is 68.5 Å². The van der Waals surface area contributed by atoms with Gasteiger partial charge < -0.3 is 14.0 Å². The Morgan fingerprint density at radius 1 is 1.06 bits per heavy atom. The van der Waals surface area contributed by atoms with Crippen LogP contribution in [0.2, 0.25) is 0 Å². The van der Waals surface area contributed by atoms with E-state index in [1.165, 1.54) is 14.0 Å². The van der Waals surface area contributed by atoms with Crippen molar-refractivity contribution in [2.75, 3.05) is 13.3 Å². The fourth-order valence-corrected chi connectivity index (χ4v) is 4.75. The highest BCUT2D eigenvalue weighted by Crippen LogP contribution is 2.34. The van der Waals surface area contributed by atoms with Crippen molar-refractivity contribution in [1.82, 2.24) is 10.1 Å². The molecule has 0 aliphatic carbocycles. The molecule has 2 atom stereocenters. The fraction of sp³-hybridized carbons (Fsp3) is 0.583. The Balaban J connectivity index is 2.66. The molecule has 1 aliphatic rings. The molecule has 0 fully saturated rings. The molecule has 1 aliphatic heterocycles. The number of carbonyl (C=O) groups excluding carboxylic acids is 3. The second kappa shape index (κ2) is 9.69. The van der Waals surface area contributed by atoms with E-state index in [-0.39, 0.29) is 5.71 Å². The second-order valence-corrected chi connectivity index (χ2v) is 11.9. The first kappa shape index (κ1) is 28.4. The minimum atomic E-state index is -1.88. The van der Waals surface area contributed by atoms with Crippen LogP contribution in [0.4, 0.5) is 9.59 Å². The van der Waals surface area contributed by atoms with Crippen LogP contribution < -0.4 is 0 Å². The molecule has 11 heteroatoms. The van der Waals surface area contributed by atoms with Gasteiger partial charge in [-0.25, -0.2) is 14.6 Å². The van der Waals surface area contributed by atoms with Crippen LogP contribution in [0.15, 0.2) is 22.1 Å². The summed E-state index contributed by atoms with van der Waals surface area (Å²) in [5.74, 6) is -0.625. The summed E-state index contributed by atoms with van der Waals surface area (Å²) in [6, 6.07) is 3.46. The summed E-state index contributed by atoms with van der Waals surface area (Å²) in [6.07, 6.45) is -0.667. The zero-order valence-corrected chi connectivity index (χ0v) is 23.1. The van der Waals surface area contributed by atoms with Gasteiger partial charge in [-0.05, 0) is 85.6 Å². The topological polar surface area (TPSA) is 121 Å². The standard InChI is InChI=1S/C24H35N3O7S/c1-14-12-16(13-15(2)17(14)35(11)31)18-24(9,19(28)26(10)25-18)27(20(29)32-22(3,4)5)34-21(30)33-23(6,7)8/h12-13H,1-11H3. The van der Waals surface area contributed by atoms with Crippen molar-refractivity contribution in [2.45, 2.75) is 84.0 Å². The van der Waals surface area contributed by atoms with Gasteiger partial charge in [-0.3, -0.25) is 9.63 Å². The minimum Gasteiger partial charge on any atom is -0.612 e. The number of hydrogen-bond acceptors (Lipinski definition) is 8. The zero-order chi connectivity index (χ0) is 27.1. The molecule has 0 saturated carbocycles. The lowest BCUT2D eigenvalue weighted by Gasteiger charge is -2.36. The third kappa shape index (κ3) is 6.26. The molecule has 1 aromatic rings. The predicted octanol–water partition coefficient (Wildman–Crippen LogP) is 4.08. The number of hydroxylamine groups is 2. The largest absolute Gasteiger partial charge is 0.612 e. The molecule has 0 spiro atoms. The van der Waals surface area contributed by atoms with Crippen molar-refractivity contribution in [1.29, 1.82) is 0 Å². The lowest BCUT2D eigenvalue weighted by molar-refractivity contribution is -0.176. The molecule has 0 bridgehead atoms. The van der Waals surface area contributed by atoms with Gasteiger partial charge in [0.1, 0.15) is 23.2 Å². The number of likely N-dealkylation sites (N-methyl/N-ethyl adjacent to an activating group) is 1. The first-order valence-electron chi connectivity index (χ1n) is 11.0. The lowest BCUT2D eigenvalue weighted by atomic mass is 9.88. The lowest BCUT2D eigenvalue weighted by Crippen LogP contribution is -2.61. The molecule has 1 aromatic carbocycles. The minimum absolute atomic E-state index is 0.152. The predicted molar refractivity (Wildman–Crippen MR) is 131 cm³/mol. The van der Waals surface area contributed by atoms with E-state index in [0.29, 0.717) is 15.5 Å². The van der Waals surface area contributed by atoms with Gasteiger partial charge in [-0.1, -0.05) is 0 Å². The van der Waals surface area contributed by atoms with Gasteiger partial charge >= 0.3 is 12.2 Å². The van der Waals surface area contributed by atoms with Crippen LogP contribution in [0.5, 0.6) is 0 Å². The molecule has 0 aromatic heterocycles. The van der Waals surface area contributed by atoms with E-state index >= 15 is 0 Å². The number of hydrogen-bond donors (Lipinski definition) is 0. The van der Waals surface area contributed by atoms with Crippen LogP contribution in [0.3, 0.4) is 0 Å². The molecule has 10 nitrogen and oxygen atoms in total. The Morgan fingerprint density at radius 2 is 1.54 bits per heavy atom. The van der Waals surface area contributed by atoms with E-state index in [1.807, 2.05) is 0 Å². The molecule has 0 radical (unpaired) electrons. The normalized spacial score (nSPS) is 19.3. The molecule has 2 unspecified atom stereocenters. The van der Waals surface area contributed by atoms with Gasteiger partial charge in [-0.2, -0.15) is 5.10 Å². The third-order valence-corrected chi connectivity index (χ3v) is 6.18. The van der Waals surface area contributed by atoms with Crippen LogP contribution in [0.1, 0.15) is 65.2 Å². The first-order valence-corrected chi connectivity index (χ1v) is 12.6. The Labute approximate surface area is 209 Å². The van der Waals surface area contributed by atoms with Gasteiger partial charge in [0.15, 0.2) is 4.90 Å². The average Bonchev–Trinajstić information content (AvgIpc) is 2.87. The molecule has 194 valence electrons. The number of hydrazone groups is 1. The number of amides is 2. The van der Waals surface area contributed by atoms with Crippen molar-refractivity contribution >= 4 is 35.0 Å². The monoisotopic (exact) mass is 509 g/mol. The van der Waals surface area contributed by atoms with Gasteiger partial charge in [0.25, 0.3) is 5.91 Å². The average molecular weight is 510 g/mol. The Morgan fingerprint density at radius 3 is 1.97 bits per heavy atom. The summed E-state index contributed by atoms with van der Waals surface area (Å²) in [4.78, 5) is 45.3. The van der Waals surface area contributed by atoms with E-state index in [2.05, 4.69) is 5.10 Å². The van der Waals surface area contributed by atoms with Crippen LogP contribution in [0, 0.1) is 13.8 Å². The summed E-state index contributed by atoms with van der Waals surface area (Å²) in [5.41, 5.74) is -1.64. The highest BCUT2D eigenvalue weighted by atomic mass is 32.2. The van der Waals surface area contributed by atoms with Crippen LogP contribution >= 0.6 is 0 Å². The summed E-state index contributed by atoms with van der Waals surface area (Å²) in [6.45, 7) is 14.9. The van der Waals surface area contributed by atoms with E-state index in [1.54, 1.807) is 73.8 Å². The van der Waals surface area contributed by atoms with E-state index in [9.17, 15) is 18.9 Å². The summed E-state index contributed by atoms with van der Waals surface area (Å²) in [7, 11) is 1.43. The summed E-state index contributed by atoms with van der Waals surface area (Å²) < 4.78 is 22.9. The van der Waals surface area contributed by atoms with Gasteiger partial charge in [0.05, 0.1) is 0 Å². The van der Waals surface area contributed by atoms with Gasteiger partial charge in [0.2, 0.25) is 5.54 Å². The molecule has 2 amide bonds. The Kier molecular flexibility index (Phi) is 7.88. The maximum atomic E-state index is 13.4. The Bertz CT molecular complexity index is 1030. The maximum Gasteiger partial charge on any atom is 0.534 e. The van der Waals surface area contributed by atoms with Gasteiger partial charge in [0, 0.05) is 23.7 Å². The van der Waals surface area contributed by atoms with Crippen molar-refractivity contribution in [3.05, 3.63) is 28.8 Å². The highest BCUT2D eigenvalue weighted by molar-refractivity contribution is 7.90. The second-order valence-electron chi connectivity index (χ2n) is 10.6. The molecule has 35 heavy (non-hydrogen) atoms. The van der Waals surface area contributed by atoms with Crippen molar-refractivity contribution < 1.29 is 33.2 Å². The highest BCUT2D eigenvalue weighted by Gasteiger charge is 2.57. The summed E-state index contributed by atoms with van der Waals surface area (Å²) in [5, 5.41) is 6.02. The molecule has 2 rings (SSSR count). The molecule has 0 N–H and O–H groups in total. The number of aryl methyl sites for hydroxylation is 2. The van der Waals surface area contributed by atoms with Crippen LogP contribution in [0.25, 0.3) is 0 Å². The Hall–Kier alpha value is -2.79. The molecular weight excluding hydrogens is 474 g/mol. The van der Waals surface area contributed by atoms with E-state index < -0.39 is 46.1 Å². The maximum absolute atomic E-state index is 13.4. The first-order chi connectivity index (χ1) is 15.8. The van der Waals surface area contributed by atoms with E-state index in [0.717, 1.165) is 16.1 Å². The third-order valence-electron chi connectivity index (χ3n) is 4.96. The summed E-state index contributed by atoms with van der Waals surface area (Å²) >= 11 is -1.23. The van der Waals surface area contributed by atoms with E-state index in [4.69, 9.17) is 14.3 Å². The van der Waals surface area contributed by atoms with Crippen molar-refractivity contribution in [2.24, 2.45) is 5.10 Å². The fourth-order valence-electron chi connectivity index (χ4n) is 3.73. The number of ether oxygens (including phenoxy) is 2. The van der Waals surface area contributed by atoms with Crippen molar-refractivity contribution in [3.8, 4) is 0 Å². The number of rotatable bonds is 3. The molecule has 0 saturated heterocycles. The van der Waals surface area contributed by atoms with Gasteiger partial charge in [-0.15, -0.1) is 5.06 Å². The number of nitrogens with zero attached hydrogens (tertiary/aromatic N) is 3. The molecule has 1 heterocycles. The molecular formula is C24H35N3O7S. The number of carbonyl (C=O) groups is 3. The van der Waals surface area contributed by atoms with Crippen LogP contribution in [-0.2, 0) is 30.3 Å². The quantitative estimate of drug-likeness (QED) is 0.342. The SMILES string of the molecule is Cc1cc(C2=NN(C)C(=O)C2(C)N(OC(=O)OC(C)(C)C)C(=O)OC(C)(C)C)cc(C)c1[S+](C)[O-]. The number of benzene rings is 1. The van der Waals surface area contributed by atoms with Crippen molar-refractivity contribution in [3.63, 3.8) is 0 Å².